The molecular formula is C27H28O5. The Hall–Kier alpha value is -3.31. The van der Waals surface area contributed by atoms with Crippen LogP contribution in [0.5, 0.6) is 11.5 Å². The zero-order valence-corrected chi connectivity index (χ0v) is 19.3. The fourth-order valence-corrected chi connectivity index (χ4v) is 3.69. The first-order valence-corrected chi connectivity index (χ1v) is 10.6. The summed E-state index contributed by atoms with van der Waals surface area (Å²) in [7, 11) is 3.21. The van der Waals surface area contributed by atoms with Crippen molar-refractivity contribution in [2.45, 2.75) is 38.9 Å². The van der Waals surface area contributed by atoms with Gasteiger partial charge in [-0.15, -0.1) is 0 Å². The molecule has 0 aliphatic carbocycles. The first-order valence-electron chi connectivity index (χ1n) is 10.6. The highest BCUT2D eigenvalue weighted by Gasteiger charge is 2.30. The van der Waals surface area contributed by atoms with Crippen LogP contribution in [0.2, 0.25) is 0 Å². The SMILES string of the molecule is COc1c2c(c(/C=C/C(C)(C)OC)c3oc(-c4ccccc4)cc(=O)c13)OC(C)(C)C=C2. The summed E-state index contributed by atoms with van der Waals surface area (Å²) in [4.78, 5) is 13.3. The van der Waals surface area contributed by atoms with Gasteiger partial charge >= 0.3 is 0 Å². The first-order chi connectivity index (χ1) is 15.2. The average molecular weight is 433 g/mol. The van der Waals surface area contributed by atoms with Crippen LogP contribution in [0, 0.1) is 0 Å². The van der Waals surface area contributed by atoms with E-state index in [0.29, 0.717) is 39.4 Å². The van der Waals surface area contributed by atoms with Gasteiger partial charge in [0.15, 0.2) is 11.0 Å². The third kappa shape index (κ3) is 3.96. The molecule has 0 spiro atoms. The number of hydrogen-bond acceptors (Lipinski definition) is 5. The predicted molar refractivity (Wildman–Crippen MR) is 128 cm³/mol. The summed E-state index contributed by atoms with van der Waals surface area (Å²) in [5.41, 5.74) is 1.40. The highest BCUT2D eigenvalue weighted by Crippen LogP contribution is 2.46. The van der Waals surface area contributed by atoms with E-state index in [1.807, 2.05) is 82.3 Å². The Kier molecular flexibility index (Phi) is 5.47. The summed E-state index contributed by atoms with van der Waals surface area (Å²) >= 11 is 0. The Morgan fingerprint density at radius 3 is 2.47 bits per heavy atom. The number of methoxy groups -OCH3 is 2. The lowest BCUT2D eigenvalue weighted by atomic mass is 9.95. The number of hydrogen-bond donors (Lipinski definition) is 0. The fraction of sp³-hybridized carbons (Fsp3) is 0.296. The van der Waals surface area contributed by atoms with Crippen molar-refractivity contribution in [2.75, 3.05) is 14.2 Å². The molecule has 0 saturated carbocycles. The van der Waals surface area contributed by atoms with Gasteiger partial charge < -0.3 is 18.6 Å². The molecule has 2 heterocycles. The van der Waals surface area contributed by atoms with Crippen LogP contribution in [0.25, 0.3) is 34.4 Å². The summed E-state index contributed by atoms with van der Waals surface area (Å²) in [6.45, 7) is 7.87. The van der Waals surface area contributed by atoms with E-state index < -0.39 is 11.2 Å². The third-order valence-corrected chi connectivity index (χ3v) is 5.61. The molecule has 2 aromatic carbocycles. The number of ether oxygens (including phenoxy) is 3. The highest BCUT2D eigenvalue weighted by molar-refractivity contribution is 5.98. The highest BCUT2D eigenvalue weighted by atomic mass is 16.5. The van der Waals surface area contributed by atoms with Gasteiger partial charge in [-0.3, -0.25) is 4.79 Å². The molecule has 0 N–H and O–H groups in total. The van der Waals surface area contributed by atoms with E-state index in [9.17, 15) is 4.79 Å². The molecule has 3 aromatic rings. The van der Waals surface area contributed by atoms with Crippen LogP contribution >= 0.6 is 0 Å². The predicted octanol–water partition coefficient (Wildman–Crippen LogP) is 6.09. The minimum absolute atomic E-state index is 0.177. The average Bonchev–Trinajstić information content (AvgIpc) is 2.76. The van der Waals surface area contributed by atoms with Crippen molar-refractivity contribution in [1.82, 2.24) is 0 Å². The lowest BCUT2D eigenvalue weighted by molar-refractivity contribution is 0.0663. The smallest absolute Gasteiger partial charge is 0.197 e. The molecule has 166 valence electrons. The maximum atomic E-state index is 13.3. The summed E-state index contributed by atoms with van der Waals surface area (Å²) in [5.74, 6) is 1.54. The molecule has 0 radical (unpaired) electrons. The second-order valence-corrected chi connectivity index (χ2v) is 8.91. The van der Waals surface area contributed by atoms with E-state index in [-0.39, 0.29) is 5.43 Å². The Morgan fingerprint density at radius 2 is 1.81 bits per heavy atom. The van der Waals surface area contributed by atoms with Gasteiger partial charge in [-0.1, -0.05) is 36.4 Å². The number of rotatable bonds is 5. The second kappa shape index (κ2) is 7.99. The monoisotopic (exact) mass is 432 g/mol. The van der Waals surface area contributed by atoms with Crippen molar-refractivity contribution in [3.63, 3.8) is 0 Å². The van der Waals surface area contributed by atoms with Gasteiger partial charge in [-0.05, 0) is 45.9 Å². The molecule has 1 aromatic heterocycles. The van der Waals surface area contributed by atoms with Crippen LogP contribution in [0.15, 0.2) is 57.8 Å². The molecule has 0 fully saturated rings. The van der Waals surface area contributed by atoms with Gasteiger partial charge in [0.05, 0.1) is 23.8 Å². The van der Waals surface area contributed by atoms with Crippen molar-refractivity contribution in [3.8, 4) is 22.8 Å². The fourth-order valence-electron chi connectivity index (χ4n) is 3.69. The van der Waals surface area contributed by atoms with E-state index in [0.717, 1.165) is 5.56 Å². The van der Waals surface area contributed by atoms with Gasteiger partial charge in [0, 0.05) is 18.7 Å². The molecule has 0 unspecified atom stereocenters. The molecule has 32 heavy (non-hydrogen) atoms. The lowest BCUT2D eigenvalue weighted by Crippen LogP contribution is -2.28. The minimum Gasteiger partial charge on any atom is -0.495 e. The van der Waals surface area contributed by atoms with Crippen molar-refractivity contribution < 1.29 is 18.6 Å². The van der Waals surface area contributed by atoms with E-state index >= 15 is 0 Å². The van der Waals surface area contributed by atoms with Gasteiger partial charge in [0.1, 0.15) is 28.2 Å². The van der Waals surface area contributed by atoms with E-state index in [1.54, 1.807) is 14.2 Å². The Labute approximate surface area is 187 Å². The van der Waals surface area contributed by atoms with Gasteiger partial charge in [0.25, 0.3) is 0 Å². The third-order valence-electron chi connectivity index (χ3n) is 5.61. The van der Waals surface area contributed by atoms with Crippen LogP contribution in [0.4, 0.5) is 0 Å². The summed E-state index contributed by atoms with van der Waals surface area (Å²) in [6, 6.07) is 11.1. The summed E-state index contributed by atoms with van der Waals surface area (Å²) in [5, 5.41) is 0.383. The topological polar surface area (TPSA) is 57.9 Å². The standard InChI is InChI=1S/C27H28O5/c1-26(2,30-6)14-12-19-23-18(13-15-27(3,4)32-23)24(29-5)22-20(28)16-21(31-25(19)22)17-10-8-7-9-11-17/h7-16H,1-6H3/b14-12+. The maximum Gasteiger partial charge on any atom is 0.197 e. The molecule has 5 heteroatoms. The zero-order valence-electron chi connectivity index (χ0n) is 19.3. The van der Waals surface area contributed by atoms with Crippen molar-refractivity contribution in [2.24, 2.45) is 0 Å². The van der Waals surface area contributed by atoms with Crippen LogP contribution < -0.4 is 14.9 Å². The lowest BCUT2D eigenvalue weighted by Gasteiger charge is -2.30. The van der Waals surface area contributed by atoms with Crippen molar-refractivity contribution in [1.29, 1.82) is 0 Å². The molecule has 0 bridgehead atoms. The molecule has 1 aliphatic rings. The van der Waals surface area contributed by atoms with Crippen molar-refractivity contribution in [3.05, 3.63) is 69.9 Å². The van der Waals surface area contributed by atoms with Crippen LogP contribution in [-0.4, -0.2) is 25.4 Å². The zero-order chi connectivity index (χ0) is 23.1. The van der Waals surface area contributed by atoms with Gasteiger partial charge in [0.2, 0.25) is 0 Å². The van der Waals surface area contributed by atoms with E-state index in [4.69, 9.17) is 18.6 Å². The molecule has 0 saturated heterocycles. The van der Waals surface area contributed by atoms with E-state index in [2.05, 4.69) is 0 Å². The molecule has 0 atom stereocenters. The number of fused-ring (bicyclic) bond motifs is 2. The Morgan fingerprint density at radius 1 is 1.09 bits per heavy atom. The Bertz CT molecular complexity index is 1280. The number of benzene rings is 2. The van der Waals surface area contributed by atoms with E-state index in [1.165, 1.54) is 6.07 Å². The Balaban J connectivity index is 2.12. The van der Waals surface area contributed by atoms with Crippen LogP contribution in [-0.2, 0) is 4.74 Å². The van der Waals surface area contributed by atoms with Gasteiger partial charge in [-0.25, -0.2) is 0 Å². The second-order valence-electron chi connectivity index (χ2n) is 8.91. The van der Waals surface area contributed by atoms with Gasteiger partial charge in [-0.2, -0.15) is 0 Å². The normalized spacial score (nSPS) is 15.1. The summed E-state index contributed by atoms with van der Waals surface area (Å²) < 4.78 is 24.0. The molecule has 0 amide bonds. The first kappa shape index (κ1) is 21.9. The quantitative estimate of drug-likeness (QED) is 0.488. The molecule has 5 nitrogen and oxygen atoms in total. The van der Waals surface area contributed by atoms with Crippen molar-refractivity contribution >= 4 is 23.1 Å². The molecule has 4 rings (SSSR count). The minimum atomic E-state index is -0.525. The largest absolute Gasteiger partial charge is 0.495 e. The summed E-state index contributed by atoms with van der Waals surface area (Å²) in [6.07, 6.45) is 7.73. The van der Waals surface area contributed by atoms with Crippen LogP contribution in [0.1, 0.15) is 38.8 Å². The molecule has 1 aliphatic heterocycles. The van der Waals surface area contributed by atoms with Crippen LogP contribution in [0.3, 0.4) is 0 Å². The molecular weight excluding hydrogens is 404 g/mol. The maximum absolute atomic E-state index is 13.3.